The molecular weight excluding hydrogens is 318 g/mol. The minimum Gasteiger partial charge on any atom is -0.299 e. The molecule has 1 aliphatic heterocycles. The Bertz CT molecular complexity index is 805. The minimum atomic E-state index is -2.02. The van der Waals surface area contributed by atoms with Gasteiger partial charge in [0.2, 0.25) is 0 Å². The molecule has 0 amide bonds. The molecule has 0 saturated carbocycles. The number of rotatable bonds is 4. The van der Waals surface area contributed by atoms with Crippen LogP contribution in [0.25, 0.3) is 0 Å². The monoisotopic (exact) mass is 343 g/mol. The quantitative estimate of drug-likeness (QED) is 0.519. The van der Waals surface area contributed by atoms with E-state index in [1.165, 1.54) is 28.9 Å². The van der Waals surface area contributed by atoms with Gasteiger partial charge in [-0.15, -0.1) is 0 Å². The Morgan fingerprint density at radius 2 is 1.28 bits per heavy atom. The van der Waals surface area contributed by atoms with Gasteiger partial charge < -0.3 is 0 Å². The summed E-state index contributed by atoms with van der Waals surface area (Å²) >= 11 is 0. The predicted octanol–water partition coefficient (Wildman–Crippen LogP) is 3.16. The summed E-state index contributed by atoms with van der Waals surface area (Å²) in [7, 11) is 0.221. The lowest BCUT2D eigenvalue weighted by Crippen LogP contribution is -2.66. The molecule has 0 spiro atoms. The Balaban J connectivity index is 1.94. The van der Waals surface area contributed by atoms with Crippen molar-refractivity contribution in [1.82, 2.24) is 4.90 Å². The van der Waals surface area contributed by atoms with Gasteiger partial charge in [0, 0.05) is 12.6 Å². The highest BCUT2D eigenvalue weighted by atomic mass is 28.3. The highest BCUT2D eigenvalue weighted by Crippen LogP contribution is 2.31. The van der Waals surface area contributed by atoms with Gasteiger partial charge in [-0.05, 0) is 34.6 Å². The van der Waals surface area contributed by atoms with Crippen molar-refractivity contribution in [2.45, 2.75) is 19.0 Å². The smallest absolute Gasteiger partial charge is 0.145 e. The molecule has 0 aromatic heterocycles. The zero-order valence-corrected chi connectivity index (χ0v) is 16.0. The van der Waals surface area contributed by atoms with Crippen LogP contribution in [0.2, 0.25) is 6.55 Å². The van der Waals surface area contributed by atoms with Crippen LogP contribution in [-0.2, 0) is 0 Å². The predicted molar refractivity (Wildman–Crippen MR) is 110 cm³/mol. The molecule has 2 heteroatoms. The lowest BCUT2D eigenvalue weighted by molar-refractivity contribution is 0.128. The van der Waals surface area contributed by atoms with Crippen molar-refractivity contribution in [3.05, 3.63) is 90.5 Å². The number of nitrogens with zero attached hydrogens (tertiary/aromatic N) is 1. The second kappa shape index (κ2) is 6.62. The van der Waals surface area contributed by atoms with Crippen LogP contribution in [0.15, 0.2) is 84.9 Å². The van der Waals surface area contributed by atoms with E-state index in [4.69, 9.17) is 0 Å². The largest absolute Gasteiger partial charge is 0.299 e. The third kappa shape index (κ3) is 2.76. The molecule has 0 radical (unpaired) electrons. The van der Waals surface area contributed by atoms with Crippen LogP contribution >= 0.6 is 0 Å². The van der Waals surface area contributed by atoms with E-state index >= 15 is 0 Å². The first kappa shape index (κ1) is 16.3. The Labute approximate surface area is 152 Å². The summed E-state index contributed by atoms with van der Waals surface area (Å²) in [5, 5.41) is 4.52. The van der Waals surface area contributed by atoms with E-state index in [0.29, 0.717) is 6.04 Å². The van der Waals surface area contributed by atoms with Crippen LogP contribution in [0.3, 0.4) is 0 Å². The van der Waals surface area contributed by atoms with E-state index in [1.807, 2.05) is 0 Å². The van der Waals surface area contributed by atoms with Gasteiger partial charge in [-0.2, -0.15) is 0 Å². The van der Waals surface area contributed by atoms with Crippen LogP contribution in [0.5, 0.6) is 0 Å². The number of likely N-dealkylation sites (tertiary alicyclic amines) is 1. The van der Waals surface area contributed by atoms with Crippen molar-refractivity contribution in [2.24, 2.45) is 0 Å². The Kier molecular flexibility index (Phi) is 4.32. The molecule has 1 fully saturated rings. The Hall–Kier alpha value is -2.16. The highest BCUT2D eigenvalue weighted by molar-refractivity contribution is 7.10. The summed E-state index contributed by atoms with van der Waals surface area (Å²) in [6, 6.07) is 32.0. The Morgan fingerprint density at radius 1 is 0.760 bits per heavy atom. The summed E-state index contributed by atoms with van der Waals surface area (Å²) in [6.07, 6.45) is 1.27. The molecule has 1 heterocycles. The Morgan fingerprint density at radius 3 is 1.76 bits per heavy atom. The average molecular weight is 344 g/mol. The standard InChI is InChI=1S/C23H25NSi/c1-24-18-17-22(24)21-15-9-10-16-23(21)25(2,19-11-5-3-6-12-19)20-13-7-4-8-14-20/h3-16,22H,17-18H2,1-2H3. The van der Waals surface area contributed by atoms with Gasteiger partial charge in [0.05, 0.1) is 0 Å². The van der Waals surface area contributed by atoms with Crippen LogP contribution in [0.4, 0.5) is 0 Å². The first-order valence-corrected chi connectivity index (χ1v) is 11.6. The van der Waals surface area contributed by atoms with E-state index in [0.717, 1.165) is 0 Å². The first-order chi connectivity index (χ1) is 12.2. The fraction of sp³-hybridized carbons (Fsp3) is 0.217. The first-order valence-electron chi connectivity index (χ1n) is 9.12. The zero-order valence-electron chi connectivity index (χ0n) is 15.0. The van der Waals surface area contributed by atoms with Gasteiger partial charge >= 0.3 is 0 Å². The van der Waals surface area contributed by atoms with Crippen LogP contribution < -0.4 is 15.6 Å². The zero-order chi connectivity index (χ0) is 17.3. The molecule has 1 nitrogen and oxygen atoms in total. The van der Waals surface area contributed by atoms with Gasteiger partial charge in [0.15, 0.2) is 0 Å². The lowest BCUT2D eigenvalue weighted by atomic mass is 9.96. The molecule has 1 aliphatic rings. The van der Waals surface area contributed by atoms with E-state index < -0.39 is 8.07 Å². The number of benzene rings is 3. The lowest BCUT2D eigenvalue weighted by Gasteiger charge is -2.42. The van der Waals surface area contributed by atoms with Gasteiger partial charge in [-0.25, -0.2) is 0 Å². The molecule has 3 aromatic rings. The van der Waals surface area contributed by atoms with Crippen molar-refractivity contribution in [3.8, 4) is 0 Å². The normalized spacial score (nSPS) is 17.9. The van der Waals surface area contributed by atoms with Crippen molar-refractivity contribution in [3.63, 3.8) is 0 Å². The molecule has 1 atom stereocenters. The molecule has 1 unspecified atom stereocenters. The molecule has 0 bridgehead atoms. The minimum absolute atomic E-state index is 0.565. The van der Waals surface area contributed by atoms with E-state index in [1.54, 1.807) is 5.19 Å². The second-order valence-electron chi connectivity index (χ2n) is 7.23. The maximum atomic E-state index is 2.51. The number of hydrogen-bond acceptors (Lipinski definition) is 1. The van der Waals surface area contributed by atoms with E-state index in [-0.39, 0.29) is 0 Å². The topological polar surface area (TPSA) is 3.24 Å². The molecule has 25 heavy (non-hydrogen) atoms. The van der Waals surface area contributed by atoms with E-state index in [9.17, 15) is 0 Å². The summed E-state index contributed by atoms with van der Waals surface area (Å²) < 4.78 is 0. The van der Waals surface area contributed by atoms with Crippen molar-refractivity contribution < 1.29 is 0 Å². The van der Waals surface area contributed by atoms with Gasteiger partial charge in [-0.3, -0.25) is 4.90 Å². The van der Waals surface area contributed by atoms with Crippen LogP contribution in [-0.4, -0.2) is 26.6 Å². The second-order valence-corrected chi connectivity index (χ2v) is 11.2. The SMILES string of the molecule is CN1CCC1c1ccccc1[Si](C)(c1ccccc1)c1ccccc1. The van der Waals surface area contributed by atoms with Gasteiger partial charge in [0.1, 0.15) is 8.07 Å². The summed E-state index contributed by atoms with van der Waals surface area (Å²) in [5.74, 6) is 0. The van der Waals surface area contributed by atoms with Crippen LogP contribution in [0.1, 0.15) is 18.0 Å². The molecule has 3 aromatic carbocycles. The van der Waals surface area contributed by atoms with Crippen molar-refractivity contribution in [2.75, 3.05) is 13.6 Å². The molecule has 126 valence electrons. The summed E-state index contributed by atoms with van der Waals surface area (Å²) in [4.78, 5) is 2.48. The molecule has 0 N–H and O–H groups in total. The fourth-order valence-electron chi connectivity index (χ4n) is 4.17. The van der Waals surface area contributed by atoms with Crippen LogP contribution in [0, 0.1) is 0 Å². The number of hydrogen-bond donors (Lipinski definition) is 0. The van der Waals surface area contributed by atoms with Gasteiger partial charge in [-0.1, -0.05) is 91.5 Å². The molecule has 4 rings (SSSR count). The average Bonchev–Trinajstić information content (AvgIpc) is 2.68. The molecular formula is C23H25NSi. The fourth-order valence-corrected chi connectivity index (χ4v) is 8.10. The van der Waals surface area contributed by atoms with Crippen molar-refractivity contribution in [1.29, 1.82) is 0 Å². The third-order valence-corrected chi connectivity index (χ3v) is 10.4. The molecule has 0 aliphatic carbocycles. The highest BCUT2D eigenvalue weighted by Gasteiger charge is 2.38. The summed E-state index contributed by atoms with van der Waals surface area (Å²) in [6.45, 7) is 3.71. The van der Waals surface area contributed by atoms with Gasteiger partial charge in [0.25, 0.3) is 0 Å². The van der Waals surface area contributed by atoms with Crippen molar-refractivity contribution >= 4 is 23.6 Å². The van der Waals surface area contributed by atoms with E-state index in [2.05, 4.69) is 103 Å². The maximum Gasteiger partial charge on any atom is 0.145 e. The third-order valence-electron chi connectivity index (χ3n) is 5.85. The molecule has 1 saturated heterocycles. The summed E-state index contributed by atoms with van der Waals surface area (Å²) in [5.41, 5.74) is 1.53. The maximum absolute atomic E-state index is 2.51.